The van der Waals surface area contributed by atoms with Gasteiger partial charge >= 0.3 is 0 Å². The Hall–Kier alpha value is -0.860. The molecule has 0 N–H and O–H groups in total. The Morgan fingerprint density at radius 2 is 1.46 bits per heavy atom. The molecule has 0 aliphatic carbocycles. The smallest absolute Gasteiger partial charge is 0.0623 e. The highest BCUT2D eigenvalue weighted by Gasteiger charge is 2.28. The number of nitrogens with zero attached hydrogens (tertiary/aromatic N) is 2. The van der Waals surface area contributed by atoms with Crippen molar-refractivity contribution in [1.29, 1.82) is 0 Å². The summed E-state index contributed by atoms with van der Waals surface area (Å²) in [5.74, 6) is 0. The van der Waals surface area contributed by atoms with Gasteiger partial charge in [0.15, 0.2) is 0 Å². The van der Waals surface area contributed by atoms with E-state index in [1.807, 2.05) is 0 Å². The normalized spacial score (nSPS) is 19.2. The standard InChI is InChI=1S/C22H38N2/c1-3-4-5-6-7-8-9-10-14-17-22-23(2)18-19-24(22)20-21-15-12-11-13-16-21/h11-13,15-16,22H,3-10,14,17-20H2,1-2H3. The number of hydrogen-bond donors (Lipinski definition) is 0. The SMILES string of the molecule is CCCCCCCCCCCC1N(C)CCN1Cc1ccccc1. The molecule has 1 atom stereocenters. The molecular weight excluding hydrogens is 292 g/mol. The molecule has 2 heteroatoms. The van der Waals surface area contributed by atoms with E-state index < -0.39 is 0 Å². The van der Waals surface area contributed by atoms with Gasteiger partial charge in [0.1, 0.15) is 0 Å². The summed E-state index contributed by atoms with van der Waals surface area (Å²) in [5, 5.41) is 0. The lowest BCUT2D eigenvalue weighted by molar-refractivity contribution is 0.139. The number of unbranched alkanes of at least 4 members (excludes halogenated alkanes) is 8. The van der Waals surface area contributed by atoms with Crippen molar-refractivity contribution in [2.75, 3.05) is 20.1 Å². The quantitative estimate of drug-likeness (QED) is 0.455. The lowest BCUT2D eigenvalue weighted by Crippen LogP contribution is -2.36. The molecule has 1 aromatic rings. The molecule has 1 fully saturated rings. The number of benzene rings is 1. The fourth-order valence-electron chi connectivity index (χ4n) is 3.91. The Bertz CT molecular complexity index is 417. The first-order chi connectivity index (χ1) is 11.8. The van der Waals surface area contributed by atoms with E-state index in [0.29, 0.717) is 6.17 Å². The summed E-state index contributed by atoms with van der Waals surface area (Å²) < 4.78 is 0. The maximum atomic E-state index is 2.67. The van der Waals surface area contributed by atoms with Crippen molar-refractivity contribution in [2.24, 2.45) is 0 Å². The van der Waals surface area contributed by atoms with Crippen molar-refractivity contribution in [1.82, 2.24) is 9.80 Å². The maximum Gasteiger partial charge on any atom is 0.0623 e. The molecule has 2 nitrogen and oxygen atoms in total. The Labute approximate surface area is 150 Å². The van der Waals surface area contributed by atoms with E-state index in [0.717, 1.165) is 6.54 Å². The summed E-state index contributed by atoms with van der Waals surface area (Å²) in [6.45, 7) is 5.83. The molecule has 0 bridgehead atoms. The van der Waals surface area contributed by atoms with Crippen LogP contribution < -0.4 is 0 Å². The fraction of sp³-hybridized carbons (Fsp3) is 0.727. The minimum atomic E-state index is 0.648. The Morgan fingerprint density at radius 3 is 2.12 bits per heavy atom. The van der Waals surface area contributed by atoms with Gasteiger partial charge in [0.2, 0.25) is 0 Å². The molecule has 2 rings (SSSR count). The van der Waals surface area contributed by atoms with Crippen LogP contribution in [0.2, 0.25) is 0 Å². The first kappa shape index (κ1) is 19.5. The van der Waals surface area contributed by atoms with Crippen LogP contribution in [0.25, 0.3) is 0 Å². The van der Waals surface area contributed by atoms with Crippen molar-refractivity contribution >= 4 is 0 Å². The third-order valence-corrected chi connectivity index (χ3v) is 5.46. The average Bonchev–Trinajstić information content (AvgIpc) is 2.94. The van der Waals surface area contributed by atoms with Gasteiger partial charge in [-0.1, -0.05) is 95.0 Å². The summed E-state index contributed by atoms with van der Waals surface area (Å²) in [6.07, 6.45) is 14.8. The zero-order valence-corrected chi connectivity index (χ0v) is 16.1. The van der Waals surface area contributed by atoms with Crippen LogP contribution in [-0.4, -0.2) is 36.1 Å². The molecule has 0 saturated carbocycles. The average molecular weight is 331 g/mol. The Morgan fingerprint density at radius 1 is 0.833 bits per heavy atom. The summed E-state index contributed by atoms with van der Waals surface area (Å²) in [4.78, 5) is 5.22. The van der Waals surface area contributed by atoms with Crippen LogP contribution in [0.15, 0.2) is 30.3 Å². The second-order valence-electron chi connectivity index (χ2n) is 7.53. The van der Waals surface area contributed by atoms with Gasteiger partial charge in [-0.25, -0.2) is 0 Å². The zero-order valence-electron chi connectivity index (χ0n) is 16.1. The van der Waals surface area contributed by atoms with E-state index in [-0.39, 0.29) is 0 Å². The molecule has 1 aromatic carbocycles. The van der Waals surface area contributed by atoms with E-state index in [2.05, 4.69) is 54.1 Å². The van der Waals surface area contributed by atoms with Crippen LogP contribution in [0.5, 0.6) is 0 Å². The molecule has 0 spiro atoms. The Balaban J connectivity index is 1.59. The van der Waals surface area contributed by atoms with Gasteiger partial charge in [0, 0.05) is 19.6 Å². The number of likely N-dealkylation sites (N-methyl/N-ethyl adjacent to an activating group) is 1. The van der Waals surface area contributed by atoms with Crippen molar-refractivity contribution in [3.63, 3.8) is 0 Å². The minimum absolute atomic E-state index is 0.648. The number of hydrogen-bond acceptors (Lipinski definition) is 2. The van der Waals surface area contributed by atoms with Gasteiger partial charge in [0.05, 0.1) is 6.17 Å². The summed E-state index contributed by atoms with van der Waals surface area (Å²) in [7, 11) is 2.30. The van der Waals surface area contributed by atoms with E-state index in [9.17, 15) is 0 Å². The lowest BCUT2D eigenvalue weighted by atomic mass is 10.1. The van der Waals surface area contributed by atoms with E-state index in [4.69, 9.17) is 0 Å². The monoisotopic (exact) mass is 330 g/mol. The van der Waals surface area contributed by atoms with E-state index in [1.165, 1.54) is 82.9 Å². The van der Waals surface area contributed by atoms with E-state index in [1.54, 1.807) is 0 Å². The van der Waals surface area contributed by atoms with Crippen LogP contribution in [0.1, 0.15) is 76.7 Å². The van der Waals surface area contributed by atoms with Gasteiger partial charge in [-0.05, 0) is 19.0 Å². The fourth-order valence-corrected chi connectivity index (χ4v) is 3.91. The van der Waals surface area contributed by atoms with Gasteiger partial charge < -0.3 is 0 Å². The van der Waals surface area contributed by atoms with Crippen LogP contribution >= 0.6 is 0 Å². The molecule has 1 heterocycles. The van der Waals surface area contributed by atoms with Crippen molar-refractivity contribution < 1.29 is 0 Å². The minimum Gasteiger partial charge on any atom is -0.290 e. The highest BCUT2D eigenvalue weighted by Crippen LogP contribution is 2.21. The van der Waals surface area contributed by atoms with Crippen molar-refractivity contribution in [2.45, 2.75) is 83.8 Å². The van der Waals surface area contributed by atoms with Crippen molar-refractivity contribution in [3.05, 3.63) is 35.9 Å². The topological polar surface area (TPSA) is 6.48 Å². The molecule has 1 aliphatic rings. The van der Waals surface area contributed by atoms with Crippen LogP contribution in [0, 0.1) is 0 Å². The van der Waals surface area contributed by atoms with Gasteiger partial charge in [-0.3, -0.25) is 9.80 Å². The molecular formula is C22H38N2. The lowest BCUT2D eigenvalue weighted by Gasteiger charge is -2.28. The van der Waals surface area contributed by atoms with Crippen LogP contribution in [0.3, 0.4) is 0 Å². The molecule has 0 amide bonds. The van der Waals surface area contributed by atoms with Crippen molar-refractivity contribution in [3.8, 4) is 0 Å². The predicted octanol–water partition coefficient (Wildman–Crippen LogP) is 5.68. The third-order valence-electron chi connectivity index (χ3n) is 5.46. The van der Waals surface area contributed by atoms with E-state index >= 15 is 0 Å². The predicted molar refractivity (Wildman–Crippen MR) is 105 cm³/mol. The molecule has 136 valence electrons. The van der Waals surface area contributed by atoms with Crippen LogP contribution in [0.4, 0.5) is 0 Å². The van der Waals surface area contributed by atoms with Gasteiger partial charge in [-0.2, -0.15) is 0 Å². The maximum absolute atomic E-state index is 2.67. The summed E-state index contributed by atoms with van der Waals surface area (Å²) in [5.41, 5.74) is 1.45. The molecule has 0 radical (unpaired) electrons. The third kappa shape index (κ3) is 6.94. The second-order valence-corrected chi connectivity index (χ2v) is 7.53. The van der Waals surface area contributed by atoms with Crippen LogP contribution in [-0.2, 0) is 6.54 Å². The molecule has 1 unspecified atom stereocenters. The molecule has 1 saturated heterocycles. The molecule has 0 aromatic heterocycles. The number of rotatable bonds is 12. The molecule has 24 heavy (non-hydrogen) atoms. The first-order valence-electron chi connectivity index (χ1n) is 10.3. The highest BCUT2D eigenvalue weighted by molar-refractivity contribution is 5.14. The first-order valence-corrected chi connectivity index (χ1v) is 10.3. The molecule has 1 aliphatic heterocycles. The largest absolute Gasteiger partial charge is 0.290 e. The second kappa shape index (κ2) is 11.7. The summed E-state index contributed by atoms with van der Waals surface area (Å²) in [6, 6.07) is 10.9. The highest BCUT2D eigenvalue weighted by atomic mass is 15.4. The van der Waals surface area contributed by atoms with Gasteiger partial charge in [0.25, 0.3) is 0 Å². The van der Waals surface area contributed by atoms with Gasteiger partial charge in [-0.15, -0.1) is 0 Å². The zero-order chi connectivity index (χ0) is 17.0. The summed E-state index contributed by atoms with van der Waals surface area (Å²) >= 11 is 0. The Kier molecular flexibility index (Phi) is 9.45.